The summed E-state index contributed by atoms with van der Waals surface area (Å²) in [6.45, 7) is 4.94. The Morgan fingerprint density at radius 3 is 2.14 bits per heavy atom. The summed E-state index contributed by atoms with van der Waals surface area (Å²) < 4.78 is 11.5. The van der Waals surface area contributed by atoms with E-state index in [-0.39, 0.29) is 12.1 Å². The van der Waals surface area contributed by atoms with Crippen molar-refractivity contribution in [2.24, 2.45) is 0 Å². The Bertz CT molecular complexity index is 552. The SMILES string of the molecule is CCCCCCCCCCCC(=O)O[C@H]1CCCC[C@@H]1c1ccc(OCC)cc1. The number of carbonyl (C=O) groups excluding carboxylic acids is 1. The van der Waals surface area contributed by atoms with Gasteiger partial charge in [-0.25, -0.2) is 0 Å². The molecule has 1 aliphatic rings. The van der Waals surface area contributed by atoms with Crippen LogP contribution in [0.15, 0.2) is 24.3 Å². The fourth-order valence-corrected chi connectivity index (χ4v) is 4.40. The van der Waals surface area contributed by atoms with Crippen LogP contribution in [0, 0.1) is 0 Å². The first-order valence-corrected chi connectivity index (χ1v) is 12.2. The van der Waals surface area contributed by atoms with Gasteiger partial charge in [0.05, 0.1) is 6.61 Å². The third kappa shape index (κ3) is 9.23. The molecule has 2 atom stereocenters. The van der Waals surface area contributed by atoms with Gasteiger partial charge in [0.1, 0.15) is 11.9 Å². The second-order valence-corrected chi connectivity index (χ2v) is 8.50. The van der Waals surface area contributed by atoms with Crippen LogP contribution in [0.2, 0.25) is 0 Å². The van der Waals surface area contributed by atoms with Crippen LogP contribution in [0.3, 0.4) is 0 Å². The van der Waals surface area contributed by atoms with E-state index in [0.717, 1.165) is 37.9 Å². The van der Waals surface area contributed by atoms with Crippen LogP contribution in [0.4, 0.5) is 0 Å². The average Bonchev–Trinajstić information content (AvgIpc) is 2.74. The second-order valence-electron chi connectivity index (χ2n) is 8.50. The highest BCUT2D eigenvalue weighted by molar-refractivity contribution is 5.69. The molecule has 1 aromatic carbocycles. The van der Waals surface area contributed by atoms with Gasteiger partial charge in [0, 0.05) is 12.3 Å². The minimum atomic E-state index is -0.00391. The molecule has 0 heterocycles. The summed E-state index contributed by atoms with van der Waals surface area (Å²) in [4.78, 5) is 12.4. The molecule has 0 N–H and O–H groups in total. The fourth-order valence-electron chi connectivity index (χ4n) is 4.40. The van der Waals surface area contributed by atoms with E-state index in [1.807, 2.05) is 19.1 Å². The van der Waals surface area contributed by atoms with E-state index in [1.54, 1.807) is 0 Å². The van der Waals surface area contributed by atoms with Gasteiger partial charge in [-0.05, 0) is 50.3 Å². The number of rotatable bonds is 14. The molecule has 0 spiro atoms. The molecule has 1 aromatic rings. The predicted octanol–water partition coefficient (Wildman–Crippen LogP) is 7.58. The molecule has 0 aliphatic heterocycles. The molecule has 2 rings (SSSR count). The van der Waals surface area contributed by atoms with Crippen molar-refractivity contribution >= 4 is 5.97 Å². The van der Waals surface area contributed by atoms with Gasteiger partial charge in [-0.3, -0.25) is 4.79 Å². The molecular formula is C26H42O3. The fraction of sp³-hybridized carbons (Fsp3) is 0.731. The van der Waals surface area contributed by atoms with Crippen LogP contribution >= 0.6 is 0 Å². The smallest absolute Gasteiger partial charge is 0.306 e. The third-order valence-electron chi connectivity index (χ3n) is 6.09. The molecule has 164 valence electrons. The first-order chi connectivity index (χ1) is 14.2. The van der Waals surface area contributed by atoms with E-state index in [9.17, 15) is 4.79 Å². The van der Waals surface area contributed by atoms with Crippen LogP contribution in [0.25, 0.3) is 0 Å². The highest BCUT2D eigenvalue weighted by Crippen LogP contribution is 2.36. The number of benzene rings is 1. The monoisotopic (exact) mass is 402 g/mol. The van der Waals surface area contributed by atoms with E-state index in [0.29, 0.717) is 18.9 Å². The Morgan fingerprint density at radius 2 is 1.48 bits per heavy atom. The Balaban J connectivity index is 1.68. The van der Waals surface area contributed by atoms with Gasteiger partial charge in [0.15, 0.2) is 0 Å². The number of hydrogen-bond donors (Lipinski definition) is 0. The van der Waals surface area contributed by atoms with Crippen molar-refractivity contribution < 1.29 is 14.3 Å². The van der Waals surface area contributed by atoms with Crippen molar-refractivity contribution in [1.82, 2.24) is 0 Å². The number of unbranched alkanes of at least 4 members (excludes halogenated alkanes) is 8. The summed E-state index contributed by atoms with van der Waals surface area (Å²) in [6, 6.07) is 8.35. The summed E-state index contributed by atoms with van der Waals surface area (Å²) in [5.41, 5.74) is 1.27. The number of carbonyl (C=O) groups is 1. The zero-order chi connectivity index (χ0) is 20.7. The molecule has 0 bridgehead atoms. The lowest BCUT2D eigenvalue weighted by Gasteiger charge is -2.31. The molecule has 1 saturated carbocycles. The molecule has 1 aliphatic carbocycles. The quantitative estimate of drug-likeness (QED) is 0.238. The molecule has 3 heteroatoms. The first kappa shape index (κ1) is 23.8. The first-order valence-electron chi connectivity index (χ1n) is 12.2. The van der Waals surface area contributed by atoms with Crippen molar-refractivity contribution in [3.63, 3.8) is 0 Å². The number of hydrogen-bond acceptors (Lipinski definition) is 3. The Kier molecular flexibility index (Phi) is 11.9. The number of ether oxygens (including phenoxy) is 2. The van der Waals surface area contributed by atoms with Gasteiger partial charge in [-0.1, -0.05) is 76.8 Å². The topological polar surface area (TPSA) is 35.5 Å². The van der Waals surface area contributed by atoms with Crippen LogP contribution in [0.5, 0.6) is 5.75 Å². The van der Waals surface area contributed by atoms with Crippen LogP contribution in [0.1, 0.15) is 115 Å². The summed E-state index contributed by atoms with van der Waals surface area (Å²) in [6.07, 6.45) is 16.5. The molecule has 1 fully saturated rings. The van der Waals surface area contributed by atoms with E-state index in [4.69, 9.17) is 9.47 Å². The van der Waals surface area contributed by atoms with Gasteiger partial charge >= 0.3 is 5.97 Å². The molecule has 3 nitrogen and oxygen atoms in total. The summed E-state index contributed by atoms with van der Waals surface area (Å²) in [7, 11) is 0. The van der Waals surface area contributed by atoms with Crippen molar-refractivity contribution in [3.8, 4) is 5.75 Å². The molecular weight excluding hydrogens is 360 g/mol. The van der Waals surface area contributed by atoms with E-state index in [2.05, 4.69) is 19.1 Å². The zero-order valence-electron chi connectivity index (χ0n) is 18.8. The Hall–Kier alpha value is -1.51. The molecule has 0 aromatic heterocycles. The summed E-state index contributed by atoms with van der Waals surface area (Å²) in [5.74, 6) is 1.23. The normalized spacial score (nSPS) is 19.1. The third-order valence-corrected chi connectivity index (χ3v) is 6.09. The summed E-state index contributed by atoms with van der Waals surface area (Å²) in [5, 5.41) is 0. The average molecular weight is 403 g/mol. The Labute approximate surface area is 178 Å². The zero-order valence-corrected chi connectivity index (χ0v) is 18.8. The highest BCUT2D eigenvalue weighted by Gasteiger charge is 2.29. The summed E-state index contributed by atoms with van der Waals surface area (Å²) >= 11 is 0. The van der Waals surface area contributed by atoms with Gasteiger partial charge in [-0.15, -0.1) is 0 Å². The lowest BCUT2D eigenvalue weighted by atomic mass is 9.81. The maximum atomic E-state index is 12.4. The standard InChI is InChI=1S/C26H42O3/c1-3-5-6-7-8-9-10-11-12-17-26(27)29-25-16-14-13-15-24(25)22-18-20-23(21-19-22)28-4-2/h18-21,24-25H,3-17H2,1-2H3/t24-,25+/m1/s1. The van der Waals surface area contributed by atoms with Gasteiger partial charge in [0.2, 0.25) is 0 Å². The molecule has 29 heavy (non-hydrogen) atoms. The van der Waals surface area contributed by atoms with E-state index >= 15 is 0 Å². The van der Waals surface area contributed by atoms with Gasteiger partial charge in [0.25, 0.3) is 0 Å². The lowest BCUT2D eigenvalue weighted by Crippen LogP contribution is -2.28. The van der Waals surface area contributed by atoms with Crippen molar-refractivity contribution in [2.45, 2.75) is 116 Å². The minimum Gasteiger partial charge on any atom is -0.494 e. The van der Waals surface area contributed by atoms with Crippen LogP contribution in [-0.2, 0) is 9.53 Å². The minimum absolute atomic E-state index is 0.00391. The maximum absolute atomic E-state index is 12.4. The predicted molar refractivity (Wildman–Crippen MR) is 121 cm³/mol. The molecule has 0 amide bonds. The van der Waals surface area contributed by atoms with Gasteiger partial charge < -0.3 is 9.47 Å². The maximum Gasteiger partial charge on any atom is 0.306 e. The van der Waals surface area contributed by atoms with Crippen LogP contribution < -0.4 is 4.74 Å². The molecule has 0 unspecified atom stereocenters. The number of esters is 1. The Morgan fingerprint density at radius 1 is 0.862 bits per heavy atom. The largest absolute Gasteiger partial charge is 0.494 e. The molecule has 0 radical (unpaired) electrons. The van der Waals surface area contributed by atoms with Crippen molar-refractivity contribution in [3.05, 3.63) is 29.8 Å². The van der Waals surface area contributed by atoms with Crippen LogP contribution in [-0.4, -0.2) is 18.7 Å². The van der Waals surface area contributed by atoms with Crippen molar-refractivity contribution in [1.29, 1.82) is 0 Å². The molecule has 0 saturated heterocycles. The van der Waals surface area contributed by atoms with Crippen molar-refractivity contribution in [2.75, 3.05) is 6.61 Å². The lowest BCUT2D eigenvalue weighted by molar-refractivity contribution is -0.151. The highest BCUT2D eigenvalue weighted by atomic mass is 16.5. The van der Waals surface area contributed by atoms with E-state index < -0.39 is 0 Å². The van der Waals surface area contributed by atoms with E-state index in [1.165, 1.54) is 56.9 Å². The second kappa shape index (κ2) is 14.5. The van der Waals surface area contributed by atoms with Gasteiger partial charge in [-0.2, -0.15) is 0 Å².